The van der Waals surface area contributed by atoms with Gasteiger partial charge in [0.2, 0.25) is 0 Å². The predicted molar refractivity (Wildman–Crippen MR) is 173 cm³/mol. The highest BCUT2D eigenvalue weighted by Gasteiger charge is 2.25. The van der Waals surface area contributed by atoms with E-state index >= 15 is 0 Å². The second kappa shape index (κ2) is 30.3. The van der Waals surface area contributed by atoms with Crippen LogP contribution >= 0.6 is 0 Å². The van der Waals surface area contributed by atoms with Crippen molar-refractivity contribution in [2.75, 3.05) is 20.6 Å². The molecule has 0 spiro atoms. The van der Waals surface area contributed by atoms with Crippen molar-refractivity contribution in [1.29, 1.82) is 0 Å². The lowest BCUT2D eigenvalue weighted by molar-refractivity contribution is -0.133. The third-order valence-corrected chi connectivity index (χ3v) is 8.38. The van der Waals surface area contributed by atoms with E-state index in [1.54, 1.807) is 0 Å². The molecular formula is C36H71NO2. The zero-order valence-electron chi connectivity index (χ0n) is 27.3. The highest BCUT2D eigenvalue weighted by Crippen LogP contribution is 2.17. The second-order valence-electron chi connectivity index (χ2n) is 12.7. The number of rotatable bonds is 32. The van der Waals surface area contributed by atoms with E-state index < -0.39 is 5.92 Å². The standard InChI is InChI=1S/C36H71NO2/c1-5-7-9-11-13-15-17-19-21-23-25-27-29-31-35(38)34(33-37(3)4)36(39)32-30-28-26-24-22-20-18-16-14-12-10-8-6-2/h34H,5-33H2,1-4H3. The van der Waals surface area contributed by atoms with Gasteiger partial charge in [-0.3, -0.25) is 9.59 Å². The van der Waals surface area contributed by atoms with Gasteiger partial charge in [-0.1, -0.05) is 168 Å². The van der Waals surface area contributed by atoms with Crippen LogP contribution < -0.4 is 0 Å². The third-order valence-electron chi connectivity index (χ3n) is 8.38. The summed E-state index contributed by atoms with van der Waals surface area (Å²) in [6, 6.07) is 0. The summed E-state index contributed by atoms with van der Waals surface area (Å²) in [7, 11) is 3.95. The molecule has 0 atom stereocenters. The van der Waals surface area contributed by atoms with Crippen molar-refractivity contribution in [3.63, 3.8) is 0 Å². The lowest BCUT2D eigenvalue weighted by Gasteiger charge is -2.19. The molecule has 0 bridgehead atoms. The van der Waals surface area contributed by atoms with Gasteiger partial charge in [-0.25, -0.2) is 0 Å². The van der Waals surface area contributed by atoms with Crippen molar-refractivity contribution in [3.8, 4) is 0 Å². The molecule has 0 aliphatic rings. The van der Waals surface area contributed by atoms with Crippen LogP contribution in [0.1, 0.15) is 194 Å². The largest absolute Gasteiger partial charge is 0.308 e. The highest BCUT2D eigenvalue weighted by molar-refractivity contribution is 6.02. The van der Waals surface area contributed by atoms with Crippen LogP contribution in [-0.2, 0) is 9.59 Å². The van der Waals surface area contributed by atoms with Crippen molar-refractivity contribution >= 4 is 11.6 Å². The van der Waals surface area contributed by atoms with E-state index in [1.807, 2.05) is 19.0 Å². The maximum atomic E-state index is 12.9. The molecule has 39 heavy (non-hydrogen) atoms. The first-order valence-corrected chi connectivity index (χ1v) is 17.7. The molecule has 0 aromatic carbocycles. The average molecular weight is 550 g/mol. The van der Waals surface area contributed by atoms with Gasteiger partial charge in [-0.15, -0.1) is 0 Å². The Hall–Kier alpha value is -0.700. The van der Waals surface area contributed by atoms with Crippen molar-refractivity contribution in [2.45, 2.75) is 194 Å². The summed E-state index contributed by atoms with van der Waals surface area (Å²) in [4.78, 5) is 27.8. The van der Waals surface area contributed by atoms with Gasteiger partial charge in [-0.05, 0) is 26.9 Å². The van der Waals surface area contributed by atoms with Gasteiger partial charge in [-0.2, -0.15) is 0 Å². The Morgan fingerprint density at radius 2 is 0.641 bits per heavy atom. The van der Waals surface area contributed by atoms with Gasteiger partial charge in [0.25, 0.3) is 0 Å². The molecule has 3 heteroatoms. The lowest BCUT2D eigenvalue weighted by atomic mass is 9.91. The maximum Gasteiger partial charge on any atom is 0.144 e. The number of carbonyl (C=O) groups is 2. The van der Waals surface area contributed by atoms with E-state index in [2.05, 4.69) is 13.8 Å². The predicted octanol–water partition coefficient (Wildman–Crippen LogP) is 11.3. The Bertz CT molecular complexity index is 488. The summed E-state index contributed by atoms with van der Waals surface area (Å²) in [6.07, 6.45) is 35.3. The van der Waals surface area contributed by atoms with Crippen molar-refractivity contribution in [2.24, 2.45) is 5.92 Å². The molecule has 0 radical (unpaired) electrons. The fraction of sp³-hybridized carbons (Fsp3) is 0.944. The Morgan fingerprint density at radius 1 is 0.410 bits per heavy atom. The molecule has 0 fully saturated rings. The summed E-state index contributed by atoms with van der Waals surface area (Å²) in [5.74, 6) is -0.0346. The second-order valence-corrected chi connectivity index (χ2v) is 12.7. The van der Waals surface area contributed by atoms with Gasteiger partial charge < -0.3 is 4.90 Å². The van der Waals surface area contributed by atoms with E-state index in [4.69, 9.17) is 0 Å². The first-order valence-electron chi connectivity index (χ1n) is 17.7. The number of unbranched alkanes of at least 4 members (excludes halogenated alkanes) is 24. The number of carbonyl (C=O) groups excluding carboxylic acids is 2. The van der Waals surface area contributed by atoms with Gasteiger partial charge >= 0.3 is 0 Å². The quantitative estimate of drug-likeness (QED) is 0.0618. The van der Waals surface area contributed by atoms with Gasteiger partial charge in [0.1, 0.15) is 11.6 Å². The number of nitrogens with zero attached hydrogens (tertiary/aromatic N) is 1. The first-order chi connectivity index (χ1) is 19.0. The van der Waals surface area contributed by atoms with Crippen molar-refractivity contribution < 1.29 is 9.59 Å². The Kier molecular flexibility index (Phi) is 29.7. The summed E-state index contributed by atoms with van der Waals surface area (Å²) < 4.78 is 0. The number of Topliss-reactive ketones (excluding diaryl/α,β-unsaturated/α-hetero) is 2. The monoisotopic (exact) mass is 550 g/mol. The summed E-state index contributed by atoms with van der Waals surface area (Å²) >= 11 is 0. The van der Waals surface area contributed by atoms with Crippen LogP contribution in [0.5, 0.6) is 0 Å². The van der Waals surface area contributed by atoms with Crippen LogP contribution in [0, 0.1) is 5.92 Å². The van der Waals surface area contributed by atoms with Crippen molar-refractivity contribution in [1.82, 2.24) is 4.90 Å². The molecule has 0 saturated heterocycles. The maximum absolute atomic E-state index is 12.9. The lowest BCUT2D eigenvalue weighted by Crippen LogP contribution is -2.34. The molecule has 0 rings (SSSR count). The summed E-state index contributed by atoms with van der Waals surface area (Å²) in [5, 5.41) is 0. The molecule has 0 aromatic heterocycles. The van der Waals surface area contributed by atoms with Crippen LogP contribution in [0.4, 0.5) is 0 Å². The van der Waals surface area contributed by atoms with Gasteiger partial charge in [0.15, 0.2) is 0 Å². The molecule has 0 unspecified atom stereocenters. The molecule has 0 saturated carbocycles. The van der Waals surface area contributed by atoms with Crippen molar-refractivity contribution in [3.05, 3.63) is 0 Å². The van der Waals surface area contributed by atoms with E-state index in [0.29, 0.717) is 19.4 Å². The molecule has 0 aliphatic heterocycles. The normalized spacial score (nSPS) is 11.6. The van der Waals surface area contributed by atoms with Crippen LogP contribution in [0.2, 0.25) is 0 Å². The minimum Gasteiger partial charge on any atom is -0.308 e. The number of ketones is 2. The molecule has 0 aliphatic carbocycles. The Balaban J connectivity index is 3.81. The van der Waals surface area contributed by atoms with Crippen LogP contribution in [0.25, 0.3) is 0 Å². The van der Waals surface area contributed by atoms with Crippen LogP contribution in [-0.4, -0.2) is 37.1 Å². The van der Waals surface area contributed by atoms with Crippen LogP contribution in [0.3, 0.4) is 0 Å². The molecular weight excluding hydrogens is 478 g/mol. The molecule has 232 valence electrons. The zero-order valence-corrected chi connectivity index (χ0v) is 27.3. The minimum absolute atomic E-state index is 0.187. The molecule has 0 N–H and O–H groups in total. The molecule has 0 aromatic rings. The topological polar surface area (TPSA) is 37.4 Å². The number of hydrogen-bond donors (Lipinski definition) is 0. The van der Waals surface area contributed by atoms with E-state index in [9.17, 15) is 9.59 Å². The fourth-order valence-electron chi connectivity index (χ4n) is 5.73. The molecule has 0 amide bonds. The Morgan fingerprint density at radius 3 is 0.872 bits per heavy atom. The Labute approximate surface area is 246 Å². The average Bonchev–Trinajstić information content (AvgIpc) is 2.92. The zero-order chi connectivity index (χ0) is 28.8. The van der Waals surface area contributed by atoms with E-state index in [1.165, 1.54) is 141 Å². The van der Waals surface area contributed by atoms with Gasteiger partial charge in [0, 0.05) is 19.4 Å². The summed E-state index contributed by atoms with van der Waals surface area (Å²) in [5.41, 5.74) is 0. The smallest absolute Gasteiger partial charge is 0.144 e. The highest BCUT2D eigenvalue weighted by atomic mass is 16.1. The fourth-order valence-corrected chi connectivity index (χ4v) is 5.73. The third kappa shape index (κ3) is 27.2. The van der Waals surface area contributed by atoms with Crippen LogP contribution in [0.15, 0.2) is 0 Å². The van der Waals surface area contributed by atoms with E-state index in [0.717, 1.165) is 25.7 Å². The molecule has 0 heterocycles. The number of hydrogen-bond acceptors (Lipinski definition) is 3. The van der Waals surface area contributed by atoms with Gasteiger partial charge in [0.05, 0.1) is 5.92 Å². The summed E-state index contributed by atoms with van der Waals surface area (Å²) in [6.45, 7) is 5.13. The first kappa shape index (κ1) is 38.3. The molecule has 3 nitrogen and oxygen atoms in total. The SMILES string of the molecule is CCCCCCCCCCCCCCCC(=O)C(CN(C)C)C(=O)CCCCCCCCCCCCCCC. The van der Waals surface area contributed by atoms with E-state index in [-0.39, 0.29) is 11.6 Å². The minimum atomic E-state index is -0.408.